The molecule has 21 heavy (non-hydrogen) atoms. The van der Waals surface area contributed by atoms with Crippen molar-refractivity contribution in [2.24, 2.45) is 0 Å². The van der Waals surface area contributed by atoms with Gasteiger partial charge in [0, 0.05) is 22.7 Å². The third-order valence-electron chi connectivity index (χ3n) is 3.37. The number of hydrogen-bond acceptors (Lipinski definition) is 3. The molecule has 0 saturated heterocycles. The molecule has 2 nitrogen and oxygen atoms in total. The lowest BCUT2D eigenvalue weighted by atomic mass is 10.0. The molecule has 0 saturated carbocycles. The van der Waals surface area contributed by atoms with Gasteiger partial charge in [-0.25, -0.2) is 0 Å². The van der Waals surface area contributed by atoms with Crippen LogP contribution in [0, 0.1) is 0 Å². The van der Waals surface area contributed by atoms with Crippen LogP contribution >= 0.6 is 11.3 Å². The number of nitrogens with one attached hydrogen (secondary N) is 1. The average molecular weight is 295 g/mol. The summed E-state index contributed by atoms with van der Waals surface area (Å²) in [5, 5.41) is 15.5. The summed E-state index contributed by atoms with van der Waals surface area (Å²) in [6.07, 6.45) is -0.478. The fourth-order valence-corrected chi connectivity index (χ4v) is 3.01. The SMILES string of the molecule is OC(CNc1ccccc1-c1ccccc1)c1cccs1. The highest BCUT2D eigenvalue weighted by molar-refractivity contribution is 7.10. The van der Waals surface area contributed by atoms with Crippen LogP contribution in [0.1, 0.15) is 11.0 Å². The van der Waals surface area contributed by atoms with Crippen molar-refractivity contribution in [3.63, 3.8) is 0 Å². The fraction of sp³-hybridized carbons (Fsp3) is 0.111. The second kappa shape index (κ2) is 6.57. The van der Waals surface area contributed by atoms with Gasteiger partial charge in [0.15, 0.2) is 0 Å². The van der Waals surface area contributed by atoms with E-state index in [9.17, 15) is 5.11 Å². The predicted molar refractivity (Wildman–Crippen MR) is 89.6 cm³/mol. The molecule has 3 heteroatoms. The number of aliphatic hydroxyl groups excluding tert-OH is 1. The highest BCUT2D eigenvalue weighted by Gasteiger charge is 2.10. The first-order valence-electron chi connectivity index (χ1n) is 6.94. The topological polar surface area (TPSA) is 32.3 Å². The van der Waals surface area contributed by atoms with Crippen LogP contribution in [0.5, 0.6) is 0 Å². The van der Waals surface area contributed by atoms with E-state index in [0.29, 0.717) is 6.54 Å². The Balaban J connectivity index is 1.77. The summed E-state index contributed by atoms with van der Waals surface area (Å²) in [6.45, 7) is 0.504. The van der Waals surface area contributed by atoms with E-state index in [1.807, 2.05) is 53.9 Å². The molecule has 1 heterocycles. The first-order chi connectivity index (χ1) is 10.3. The van der Waals surface area contributed by atoms with Gasteiger partial charge in [0.1, 0.15) is 6.10 Å². The Labute approximate surface area is 128 Å². The minimum Gasteiger partial charge on any atom is -0.386 e. The number of hydrogen-bond donors (Lipinski definition) is 2. The van der Waals surface area contributed by atoms with Crippen molar-refractivity contribution >= 4 is 17.0 Å². The standard InChI is InChI=1S/C18H17NOS/c20-17(18-11-6-12-21-18)13-19-16-10-5-4-9-15(16)14-7-2-1-3-8-14/h1-12,17,19-20H,13H2. The maximum atomic E-state index is 10.2. The van der Waals surface area contributed by atoms with Gasteiger partial charge >= 0.3 is 0 Å². The lowest BCUT2D eigenvalue weighted by Crippen LogP contribution is -2.11. The van der Waals surface area contributed by atoms with Gasteiger partial charge in [-0.1, -0.05) is 54.6 Å². The van der Waals surface area contributed by atoms with Crippen molar-refractivity contribution in [2.75, 3.05) is 11.9 Å². The summed E-state index contributed by atoms with van der Waals surface area (Å²) in [7, 11) is 0. The molecular weight excluding hydrogens is 278 g/mol. The van der Waals surface area contributed by atoms with E-state index in [4.69, 9.17) is 0 Å². The Bertz CT molecular complexity index is 679. The summed E-state index contributed by atoms with van der Waals surface area (Å²) < 4.78 is 0. The number of anilines is 1. The minimum absolute atomic E-state index is 0.478. The largest absolute Gasteiger partial charge is 0.386 e. The maximum Gasteiger partial charge on any atom is 0.105 e. The first kappa shape index (κ1) is 13.9. The van der Waals surface area contributed by atoms with Crippen molar-refractivity contribution in [1.29, 1.82) is 0 Å². The number of thiophene rings is 1. The maximum absolute atomic E-state index is 10.2. The lowest BCUT2D eigenvalue weighted by molar-refractivity contribution is 0.195. The van der Waals surface area contributed by atoms with Crippen LogP contribution in [0.15, 0.2) is 72.1 Å². The van der Waals surface area contributed by atoms with Crippen LogP contribution in [0.3, 0.4) is 0 Å². The molecule has 1 aromatic heterocycles. The van der Waals surface area contributed by atoms with Crippen molar-refractivity contribution in [3.8, 4) is 11.1 Å². The monoisotopic (exact) mass is 295 g/mol. The van der Waals surface area contributed by atoms with E-state index in [2.05, 4.69) is 23.5 Å². The first-order valence-corrected chi connectivity index (χ1v) is 7.82. The van der Waals surface area contributed by atoms with Crippen molar-refractivity contribution in [2.45, 2.75) is 6.10 Å². The number of para-hydroxylation sites is 1. The molecule has 3 rings (SSSR count). The molecule has 0 radical (unpaired) electrons. The van der Waals surface area contributed by atoms with E-state index >= 15 is 0 Å². The predicted octanol–water partition coefficient (Wildman–Crippen LogP) is 4.56. The summed E-state index contributed by atoms with van der Waals surface area (Å²) in [6, 6.07) is 22.4. The molecule has 106 valence electrons. The van der Waals surface area contributed by atoms with Crippen LogP contribution in [0.25, 0.3) is 11.1 Å². The molecule has 3 aromatic rings. The minimum atomic E-state index is -0.478. The number of benzene rings is 2. The highest BCUT2D eigenvalue weighted by atomic mass is 32.1. The Morgan fingerprint density at radius 3 is 2.43 bits per heavy atom. The zero-order chi connectivity index (χ0) is 14.5. The van der Waals surface area contributed by atoms with Crippen LogP contribution in [-0.2, 0) is 0 Å². The Hall–Kier alpha value is -2.10. The van der Waals surface area contributed by atoms with Gasteiger partial charge in [-0.3, -0.25) is 0 Å². The summed E-state index contributed by atoms with van der Waals surface area (Å²) in [5.41, 5.74) is 3.36. The Kier molecular flexibility index (Phi) is 4.34. The molecule has 0 spiro atoms. The molecule has 2 N–H and O–H groups in total. The Morgan fingerprint density at radius 2 is 1.67 bits per heavy atom. The molecule has 0 aliphatic carbocycles. The summed E-state index contributed by atoms with van der Waals surface area (Å²) in [5.74, 6) is 0. The van der Waals surface area contributed by atoms with E-state index in [0.717, 1.165) is 16.1 Å². The number of rotatable bonds is 5. The molecule has 0 aliphatic heterocycles. The van der Waals surface area contributed by atoms with Crippen LogP contribution in [0.2, 0.25) is 0 Å². The second-order valence-electron chi connectivity index (χ2n) is 4.82. The van der Waals surface area contributed by atoms with Gasteiger partial charge in [-0.2, -0.15) is 0 Å². The van der Waals surface area contributed by atoms with Crippen LogP contribution in [0.4, 0.5) is 5.69 Å². The third kappa shape index (κ3) is 3.32. The second-order valence-corrected chi connectivity index (χ2v) is 5.80. The molecule has 0 fully saturated rings. The van der Waals surface area contributed by atoms with Crippen molar-refractivity contribution in [3.05, 3.63) is 77.0 Å². The molecule has 1 atom stereocenters. The van der Waals surface area contributed by atoms with Crippen molar-refractivity contribution in [1.82, 2.24) is 0 Å². The van der Waals surface area contributed by atoms with Crippen LogP contribution < -0.4 is 5.32 Å². The highest BCUT2D eigenvalue weighted by Crippen LogP contribution is 2.28. The van der Waals surface area contributed by atoms with E-state index in [1.165, 1.54) is 5.56 Å². The molecule has 1 unspecified atom stereocenters. The quantitative estimate of drug-likeness (QED) is 0.723. The van der Waals surface area contributed by atoms with Crippen LogP contribution in [-0.4, -0.2) is 11.7 Å². The van der Waals surface area contributed by atoms with Gasteiger partial charge in [0.05, 0.1) is 0 Å². The van der Waals surface area contributed by atoms with Gasteiger partial charge in [-0.15, -0.1) is 11.3 Å². The van der Waals surface area contributed by atoms with E-state index < -0.39 is 6.10 Å². The van der Waals surface area contributed by atoms with Gasteiger partial charge < -0.3 is 10.4 Å². The normalized spacial score (nSPS) is 12.0. The zero-order valence-electron chi connectivity index (χ0n) is 11.6. The van der Waals surface area contributed by atoms with Gasteiger partial charge in [-0.05, 0) is 23.1 Å². The molecule has 2 aromatic carbocycles. The fourth-order valence-electron chi connectivity index (χ4n) is 2.29. The zero-order valence-corrected chi connectivity index (χ0v) is 12.4. The Morgan fingerprint density at radius 1 is 0.905 bits per heavy atom. The van der Waals surface area contributed by atoms with Gasteiger partial charge in [0.2, 0.25) is 0 Å². The number of aliphatic hydroxyl groups is 1. The third-order valence-corrected chi connectivity index (χ3v) is 4.34. The van der Waals surface area contributed by atoms with E-state index in [-0.39, 0.29) is 0 Å². The molecular formula is C18H17NOS. The van der Waals surface area contributed by atoms with E-state index in [1.54, 1.807) is 11.3 Å². The molecule has 0 aliphatic rings. The molecule has 0 amide bonds. The lowest BCUT2D eigenvalue weighted by Gasteiger charge is -2.15. The summed E-state index contributed by atoms with van der Waals surface area (Å²) in [4.78, 5) is 0.986. The smallest absolute Gasteiger partial charge is 0.105 e. The van der Waals surface area contributed by atoms with Crippen molar-refractivity contribution < 1.29 is 5.11 Å². The summed E-state index contributed by atoms with van der Waals surface area (Å²) >= 11 is 1.58. The average Bonchev–Trinajstić information content (AvgIpc) is 3.08. The molecule has 0 bridgehead atoms. The van der Waals surface area contributed by atoms with Gasteiger partial charge in [0.25, 0.3) is 0 Å².